The first kappa shape index (κ1) is 17.4. The Morgan fingerprint density at radius 2 is 2.23 bits per heavy atom. The molecule has 1 aromatic rings. The van der Waals surface area contributed by atoms with Crippen molar-refractivity contribution in [2.45, 2.75) is 31.7 Å². The third-order valence-corrected chi connectivity index (χ3v) is 5.45. The number of amides is 1. The van der Waals surface area contributed by atoms with Crippen molar-refractivity contribution < 1.29 is 17.6 Å². The SMILES string of the molecule is CS(=O)(=O)N[C@H]1CC[C@](Cc2cccc(Br)c2F)(C(N)=O)C1. The van der Waals surface area contributed by atoms with Gasteiger partial charge in [-0.1, -0.05) is 12.1 Å². The number of nitrogens with two attached hydrogens (primary N) is 1. The molecule has 3 N–H and O–H groups in total. The third kappa shape index (κ3) is 3.85. The Labute approximate surface area is 137 Å². The van der Waals surface area contributed by atoms with Crippen LogP contribution in [0.1, 0.15) is 24.8 Å². The molecule has 0 heterocycles. The highest BCUT2D eigenvalue weighted by atomic mass is 79.9. The Morgan fingerprint density at radius 3 is 2.82 bits per heavy atom. The van der Waals surface area contributed by atoms with Crippen molar-refractivity contribution in [3.63, 3.8) is 0 Å². The van der Waals surface area contributed by atoms with Gasteiger partial charge in [-0.05, 0) is 53.2 Å². The molecule has 122 valence electrons. The number of hydrogen-bond donors (Lipinski definition) is 2. The second-order valence-electron chi connectivity index (χ2n) is 5.86. The molecule has 1 saturated carbocycles. The highest BCUT2D eigenvalue weighted by Crippen LogP contribution is 2.42. The Hall–Kier alpha value is -0.990. The molecule has 0 saturated heterocycles. The van der Waals surface area contributed by atoms with Crippen molar-refractivity contribution in [1.29, 1.82) is 0 Å². The van der Waals surface area contributed by atoms with Crippen LogP contribution in [0.25, 0.3) is 0 Å². The lowest BCUT2D eigenvalue weighted by atomic mass is 9.79. The zero-order valence-corrected chi connectivity index (χ0v) is 14.5. The molecule has 1 aliphatic rings. The van der Waals surface area contributed by atoms with Crippen molar-refractivity contribution in [1.82, 2.24) is 4.72 Å². The zero-order valence-electron chi connectivity index (χ0n) is 12.1. The molecule has 0 radical (unpaired) electrons. The number of nitrogens with one attached hydrogen (secondary N) is 1. The van der Waals surface area contributed by atoms with Crippen molar-refractivity contribution in [2.24, 2.45) is 11.1 Å². The number of primary amides is 1. The van der Waals surface area contributed by atoms with E-state index in [4.69, 9.17) is 5.73 Å². The molecule has 0 unspecified atom stereocenters. The lowest BCUT2D eigenvalue weighted by Crippen LogP contribution is -2.40. The number of halogens is 2. The fourth-order valence-corrected chi connectivity index (χ4v) is 4.26. The molecule has 1 fully saturated rings. The van der Waals surface area contributed by atoms with Crippen LogP contribution in [0.15, 0.2) is 22.7 Å². The Kier molecular flexibility index (Phi) is 4.93. The molecule has 0 spiro atoms. The summed E-state index contributed by atoms with van der Waals surface area (Å²) in [5.41, 5.74) is 5.01. The predicted molar refractivity (Wildman–Crippen MR) is 85.0 cm³/mol. The number of hydrogen-bond acceptors (Lipinski definition) is 3. The first-order chi connectivity index (χ1) is 10.1. The van der Waals surface area contributed by atoms with E-state index < -0.39 is 27.2 Å². The second kappa shape index (κ2) is 6.25. The lowest BCUT2D eigenvalue weighted by molar-refractivity contribution is -0.127. The molecule has 1 aromatic carbocycles. The minimum absolute atomic E-state index is 0.162. The quantitative estimate of drug-likeness (QED) is 0.798. The normalized spacial score (nSPS) is 25.3. The Bertz CT molecular complexity index is 695. The standard InChI is InChI=1S/C14H18BrFN2O3S/c1-22(20,21)18-10-5-6-14(8-10,13(17)19)7-9-3-2-4-11(15)12(9)16/h2-4,10,18H,5-8H2,1H3,(H2,17,19)/t10-,14+/m0/s1. The molecular formula is C14H18BrFN2O3S. The number of carbonyl (C=O) groups is 1. The van der Waals surface area contributed by atoms with Crippen LogP contribution in [0.2, 0.25) is 0 Å². The van der Waals surface area contributed by atoms with Gasteiger partial charge >= 0.3 is 0 Å². The minimum atomic E-state index is -3.35. The van der Waals surface area contributed by atoms with Gasteiger partial charge in [0.15, 0.2) is 0 Å². The molecule has 2 atom stereocenters. The molecule has 2 rings (SSSR count). The van der Waals surface area contributed by atoms with E-state index in [1.165, 1.54) is 0 Å². The largest absolute Gasteiger partial charge is 0.369 e. The smallest absolute Gasteiger partial charge is 0.224 e. The van der Waals surface area contributed by atoms with Crippen molar-refractivity contribution in [2.75, 3.05) is 6.26 Å². The van der Waals surface area contributed by atoms with Crippen molar-refractivity contribution in [3.05, 3.63) is 34.1 Å². The summed E-state index contributed by atoms with van der Waals surface area (Å²) in [6.07, 6.45) is 2.45. The van der Waals surface area contributed by atoms with Gasteiger partial charge in [0.2, 0.25) is 15.9 Å². The number of rotatable bonds is 5. The van der Waals surface area contributed by atoms with E-state index in [-0.39, 0.29) is 18.9 Å². The van der Waals surface area contributed by atoms with Gasteiger partial charge in [0.25, 0.3) is 0 Å². The average molecular weight is 393 g/mol. The number of carbonyl (C=O) groups excluding carboxylic acids is 1. The van der Waals surface area contributed by atoms with Gasteiger partial charge in [0.1, 0.15) is 5.82 Å². The van der Waals surface area contributed by atoms with Gasteiger partial charge < -0.3 is 5.73 Å². The van der Waals surface area contributed by atoms with Crippen LogP contribution in [-0.2, 0) is 21.2 Å². The molecule has 1 amide bonds. The maximum absolute atomic E-state index is 14.1. The van der Waals surface area contributed by atoms with Gasteiger partial charge in [0, 0.05) is 6.04 Å². The summed E-state index contributed by atoms with van der Waals surface area (Å²) < 4.78 is 39.6. The molecule has 0 aromatic heterocycles. The van der Waals surface area contributed by atoms with Crippen LogP contribution in [0.4, 0.5) is 4.39 Å². The van der Waals surface area contributed by atoms with Crippen molar-refractivity contribution >= 4 is 31.9 Å². The fourth-order valence-electron chi connectivity index (χ4n) is 3.05. The Morgan fingerprint density at radius 1 is 1.55 bits per heavy atom. The molecule has 0 aliphatic heterocycles. The van der Waals surface area contributed by atoms with E-state index in [9.17, 15) is 17.6 Å². The van der Waals surface area contributed by atoms with Gasteiger partial charge in [-0.3, -0.25) is 4.79 Å². The van der Waals surface area contributed by atoms with Crippen molar-refractivity contribution in [3.8, 4) is 0 Å². The molecule has 22 heavy (non-hydrogen) atoms. The first-order valence-electron chi connectivity index (χ1n) is 6.83. The third-order valence-electron chi connectivity index (χ3n) is 4.07. The van der Waals surface area contributed by atoms with Gasteiger partial charge in [-0.15, -0.1) is 0 Å². The molecule has 0 bridgehead atoms. The van der Waals surface area contributed by atoms with Crippen LogP contribution >= 0.6 is 15.9 Å². The summed E-state index contributed by atoms with van der Waals surface area (Å²) in [4.78, 5) is 11.9. The summed E-state index contributed by atoms with van der Waals surface area (Å²) in [6, 6.07) is 4.54. The fraction of sp³-hybridized carbons (Fsp3) is 0.500. The maximum atomic E-state index is 14.1. The topological polar surface area (TPSA) is 89.3 Å². The highest BCUT2D eigenvalue weighted by Gasteiger charge is 2.45. The van der Waals surface area contributed by atoms with Crippen LogP contribution < -0.4 is 10.5 Å². The van der Waals surface area contributed by atoms with E-state index in [1.807, 2.05) is 0 Å². The maximum Gasteiger partial charge on any atom is 0.224 e. The summed E-state index contributed by atoms with van der Waals surface area (Å²) in [6.45, 7) is 0. The average Bonchev–Trinajstić information content (AvgIpc) is 2.77. The summed E-state index contributed by atoms with van der Waals surface area (Å²) in [5.74, 6) is -0.938. The van der Waals surface area contributed by atoms with Gasteiger partial charge in [0.05, 0.1) is 16.1 Å². The van der Waals surface area contributed by atoms with Crippen LogP contribution in [-0.4, -0.2) is 26.6 Å². The Balaban J connectivity index is 2.24. The van der Waals surface area contributed by atoms with Crippen LogP contribution in [0, 0.1) is 11.2 Å². The lowest BCUT2D eigenvalue weighted by Gasteiger charge is -2.26. The van der Waals surface area contributed by atoms with Gasteiger partial charge in [-0.2, -0.15) is 0 Å². The van der Waals surface area contributed by atoms with Crippen LogP contribution in [0.5, 0.6) is 0 Å². The van der Waals surface area contributed by atoms with E-state index in [1.54, 1.807) is 18.2 Å². The predicted octanol–water partition coefficient (Wildman–Crippen LogP) is 1.70. The summed E-state index contributed by atoms with van der Waals surface area (Å²) in [5, 5.41) is 0. The zero-order chi connectivity index (χ0) is 16.5. The molecular weight excluding hydrogens is 375 g/mol. The molecule has 8 heteroatoms. The number of benzene rings is 1. The second-order valence-corrected chi connectivity index (χ2v) is 8.50. The van der Waals surface area contributed by atoms with E-state index in [0.29, 0.717) is 22.9 Å². The minimum Gasteiger partial charge on any atom is -0.369 e. The summed E-state index contributed by atoms with van der Waals surface area (Å²) >= 11 is 3.12. The van der Waals surface area contributed by atoms with Gasteiger partial charge in [-0.25, -0.2) is 17.5 Å². The molecule has 5 nitrogen and oxygen atoms in total. The van der Waals surface area contributed by atoms with Crippen LogP contribution in [0.3, 0.4) is 0 Å². The highest BCUT2D eigenvalue weighted by molar-refractivity contribution is 9.10. The monoisotopic (exact) mass is 392 g/mol. The molecule has 1 aliphatic carbocycles. The number of sulfonamides is 1. The summed E-state index contributed by atoms with van der Waals surface area (Å²) in [7, 11) is -3.35. The van der Waals surface area contributed by atoms with E-state index in [0.717, 1.165) is 6.26 Å². The van der Waals surface area contributed by atoms with E-state index in [2.05, 4.69) is 20.7 Å². The van der Waals surface area contributed by atoms with E-state index >= 15 is 0 Å². The first-order valence-corrected chi connectivity index (χ1v) is 9.51.